The summed E-state index contributed by atoms with van der Waals surface area (Å²) in [4.78, 5) is 10.9. The maximum absolute atomic E-state index is 10.9. The Morgan fingerprint density at radius 1 is 1.42 bits per heavy atom. The van der Waals surface area contributed by atoms with Crippen LogP contribution in [0.15, 0.2) is 28.7 Å². The number of carbonyl (C=O) groups excluding carboxylic acids is 1. The first-order valence-corrected chi connectivity index (χ1v) is 5.34. The zero-order valence-electron chi connectivity index (χ0n) is 6.50. The summed E-state index contributed by atoms with van der Waals surface area (Å²) in [5.41, 5.74) is 0.817. The van der Waals surface area contributed by atoms with Crippen molar-refractivity contribution >= 4 is 38.6 Å². The highest BCUT2D eigenvalue weighted by molar-refractivity contribution is 9.10. The minimum Gasteiger partial charge on any atom is -0.317 e. The number of anilines is 1. The van der Waals surface area contributed by atoms with Gasteiger partial charge >= 0.3 is 0 Å². The largest absolute Gasteiger partial charge is 0.317 e. The zero-order chi connectivity index (χ0) is 8.97. The fourth-order valence-electron chi connectivity index (χ4n) is 0.702. The lowest BCUT2D eigenvalue weighted by Gasteiger charge is -2.01. The predicted molar refractivity (Wildman–Crippen MR) is 56.7 cm³/mol. The summed E-state index contributed by atoms with van der Waals surface area (Å²) in [6.45, 7) is 0. The number of amides is 1. The molecular formula is C8H8BrNOS. The van der Waals surface area contributed by atoms with Crippen LogP contribution in [-0.2, 0) is 0 Å². The van der Waals surface area contributed by atoms with Crippen LogP contribution in [0.3, 0.4) is 0 Å². The van der Waals surface area contributed by atoms with Gasteiger partial charge in [0, 0.05) is 10.2 Å². The third-order valence-electron chi connectivity index (χ3n) is 1.28. The van der Waals surface area contributed by atoms with E-state index in [2.05, 4.69) is 21.2 Å². The molecule has 4 heteroatoms. The topological polar surface area (TPSA) is 29.1 Å². The van der Waals surface area contributed by atoms with E-state index in [0.29, 0.717) is 0 Å². The van der Waals surface area contributed by atoms with Gasteiger partial charge in [-0.25, -0.2) is 0 Å². The van der Waals surface area contributed by atoms with Crippen molar-refractivity contribution in [2.45, 2.75) is 0 Å². The van der Waals surface area contributed by atoms with Crippen LogP contribution in [0, 0.1) is 0 Å². The lowest BCUT2D eigenvalue weighted by atomic mass is 10.3. The van der Waals surface area contributed by atoms with Crippen molar-refractivity contribution in [3.63, 3.8) is 0 Å². The third kappa shape index (κ3) is 2.87. The minimum absolute atomic E-state index is 0.0441. The van der Waals surface area contributed by atoms with Gasteiger partial charge in [-0.05, 0) is 30.5 Å². The zero-order valence-corrected chi connectivity index (χ0v) is 8.91. The number of hydrogen-bond acceptors (Lipinski definition) is 2. The molecule has 1 aromatic rings. The second-order valence-corrected chi connectivity index (χ2v) is 3.82. The van der Waals surface area contributed by atoms with Crippen molar-refractivity contribution < 1.29 is 4.79 Å². The highest BCUT2D eigenvalue weighted by Crippen LogP contribution is 2.15. The molecule has 0 saturated carbocycles. The third-order valence-corrected chi connectivity index (χ3v) is 2.28. The second kappa shape index (κ2) is 4.52. The molecule has 0 atom stereocenters. The summed E-state index contributed by atoms with van der Waals surface area (Å²) in [5, 5.41) is 2.68. The molecular weight excluding hydrogens is 238 g/mol. The molecule has 1 amide bonds. The van der Waals surface area contributed by atoms with Crippen molar-refractivity contribution in [2.75, 3.05) is 11.6 Å². The molecule has 0 spiro atoms. The molecule has 1 aromatic carbocycles. The van der Waals surface area contributed by atoms with Gasteiger partial charge in [0.15, 0.2) is 0 Å². The minimum atomic E-state index is -0.0441. The summed E-state index contributed by atoms with van der Waals surface area (Å²) in [7, 11) is 0. The summed E-state index contributed by atoms with van der Waals surface area (Å²) in [6, 6.07) is 7.46. The first-order chi connectivity index (χ1) is 5.72. The van der Waals surface area contributed by atoms with Crippen molar-refractivity contribution in [1.29, 1.82) is 0 Å². The standard InChI is InChI=1S/C8H8BrNOS/c1-12-8(11)10-7-4-2-6(9)3-5-7/h2-5H,1H3,(H,10,11). The van der Waals surface area contributed by atoms with Gasteiger partial charge in [-0.2, -0.15) is 0 Å². The van der Waals surface area contributed by atoms with Crippen LogP contribution >= 0.6 is 27.7 Å². The summed E-state index contributed by atoms with van der Waals surface area (Å²) in [6.07, 6.45) is 1.74. The normalized spacial score (nSPS) is 9.50. The molecule has 64 valence electrons. The van der Waals surface area contributed by atoms with Crippen LogP contribution in [-0.4, -0.2) is 11.5 Å². The van der Waals surface area contributed by atoms with Crippen molar-refractivity contribution in [3.8, 4) is 0 Å². The molecule has 0 aliphatic heterocycles. The molecule has 0 radical (unpaired) electrons. The van der Waals surface area contributed by atoms with E-state index < -0.39 is 0 Å². The maximum Gasteiger partial charge on any atom is 0.283 e. The summed E-state index contributed by atoms with van der Waals surface area (Å²) in [5.74, 6) is 0. The predicted octanol–water partition coefficient (Wildman–Crippen LogP) is 3.34. The van der Waals surface area contributed by atoms with Gasteiger partial charge in [-0.1, -0.05) is 27.7 Å². The lowest BCUT2D eigenvalue weighted by Crippen LogP contribution is -2.03. The molecule has 0 aliphatic carbocycles. The Balaban J connectivity index is 2.64. The molecule has 0 aliphatic rings. The van der Waals surface area contributed by atoms with Crippen LogP contribution in [0.2, 0.25) is 0 Å². The quantitative estimate of drug-likeness (QED) is 0.823. The number of benzene rings is 1. The number of thioether (sulfide) groups is 1. The van der Waals surface area contributed by atoms with Crippen LogP contribution in [0.25, 0.3) is 0 Å². The van der Waals surface area contributed by atoms with Crippen LogP contribution in [0.1, 0.15) is 0 Å². The fourth-order valence-corrected chi connectivity index (χ4v) is 1.19. The van der Waals surface area contributed by atoms with Gasteiger partial charge in [0.2, 0.25) is 0 Å². The van der Waals surface area contributed by atoms with E-state index in [1.54, 1.807) is 6.26 Å². The monoisotopic (exact) mass is 245 g/mol. The Bertz CT molecular complexity index is 273. The number of nitrogens with one attached hydrogen (secondary N) is 1. The molecule has 0 fully saturated rings. The molecule has 0 unspecified atom stereocenters. The number of halogens is 1. The molecule has 2 nitrogen and oxygen atoms in total. The number of hydrogen-bond donors (Lipinski definition) is 1. The molecule has 0 aromatic heterocycles. The Hall–Kier alpha value is -0.480. The van der Waals surface area contributed by atoms with Crippen LogP contribution in [0.4, 0.5) is 10.5 Å². The van der Waals surface area contributed by atoms with Crippen LogP contribution < -0.4 is 5.32 Å². The van der Waals surface area contributed by atoms with E-state index in [9.17, 15) is 4.79 Å². The second-order valence-electron chi connectivity index (χ2n) is 2.12. The van der Waals surface area contributed by atoms with E-state index in [1.807, 2.05) is 24.3 Å². The van der Waals surface area contributed by atoms with E-state index in [0.717, 1.165) is 21.9 Å². The Morgan fingerprint density at radius 3 is 2.50 bits per heavy atom. The average Bonchev–Trinajstić information content (AvgIpc) is 2.09. The molecule has 1 N–H and O–H groups in total. The van der Waals surface area contributed by atoms with Gasteiger partial charge in [0.25, 0.3) is 5.24 Å². The highest BCUT2D eigenvalue weighted by Gasteiger charge is 1.97. The smallest absolute Gasteiger partial charge is 0.283 e. The van der Waals surface area contributed by atoms with Crippen molar-refractivity contribution in [1.82, 2.24) is 0 Å². The van der Waals surface area contributed by atoms with Gasteiger partial charge in [-0.15, -0.1) is 0 Å². The molecule has 1 rings (SSSR count). The Labute approximate surface area is 83.9 Å². The van der Waals surface area contributed by atoms with E-state index in [4.69, 9.17) is 0 Å². The molecule has 0 bridgehead atoms. The first kappa shape index (κ1) is 9.61. The summed E-state index contributed by atoms with van der Waals surface area (Å²) >= 11 is 4.47. The lowest BCUT2D eigenvalue weighted by molar-refractivity contribution is 0.270. The van der Waals surface area contributed by atoms with E-state index in [1.165, 1.54) is 0 Å². The van der Waals surface area contributed by atoms with E-state index >= 15 is 0 Å². The Kier molecular flexibility index (Phi) is 3.62. The molecule has 12 heavy (non-hydrogen) atoms. The fraction of sp³-hybridized carbons (Fsp3) is 0.125. The number of carbonyl (C=O) groups is 1. The maximum atomic E-state index is 10.9. The Morgan fingerprint density at radius 2 is 2.00 bits per heavy atom. The van der Waals surface area contributed by atoms with Crippen LogP contribution in [0.5, 0.6) is 0 Å². The molecule has 0 heterocycles. The van der Waals surface area contributed by atoms with Gasteiger partial charge in [-0.3, -0.25) is 4.79 Å². The van der Waals surface area contributed by atoms with Crippen molar-refractivity contribution in [3.05, 3.63) is 28.7 Å². The van der Waals surface area contributed by atoms with Gasteiger partial charge in [0.1, 0.15) is 0 Å². The molecule has 0 saturated heterocycles. The van der Waals surface area contributed by atoms with E-state index in [-0.39, 0.29) is 5.24 Å². The highest BCUT2D eigenvalue weighted by atomic mass is 79.9. The van der Waals surface area contributed by atoms with Crippen molar-refractivity contribution in [2.24, 2.45) is 0 Å². The first-order valence-electron chi connectivity index (χ1n) is 3.33. The van der Waals surface area contributed by atoms with Gasteiger partial charge < -0.3 is 5.32 Å². The number of rotatable bonds is 1. The average molecular weight is 246 g/mol. The summed E-state index contributed by atoms with van der Waals surface area (Å²) < 4.78 is 1.00. The van der Waals surface area contributed by atoms with Gasteiger partial charge in [0.05, 0.1) is 0 Å². The SMILES string of the molecule is CSC(=O)Nc1ccc(Br)cc1.